The highest BCUT2D eigenvalue weighted by Crippen LogP contribution is 2.27. The lowest BCUT2D eigenvalue weighted by molar-refractivity contribution is 0.0995. The van der Waals surface area contributed by atoms with Crippen LogP contribution in [0.15, 0.2) is 35.2 Å². The fourth-order valence-electron chi connectivity index (χ4n) is 2.10. The third kappa shape index (κ3) is 3.20. The van der Waals surface area contributed by atoms with Gasteiger partial charge < -0.3 is 0 Å². The van der Waals surface area contributed by atoms with E-state index < -0.39 is 20.9 Å². The minimum Gasteiger partial charge on any atom is -0.292 e. The van der Waals surface area contributed by atoms with Gasteiger partial charge in [-0.1, -0.05) is 29.3 Å². The number of hydrogen-bond acceptors (Lipinski definition) is 4. The van der Waals surface area contributed by atoms with Crippen molar-refractivity contribution in [1.82, 2.24) is 0 Å². The zero-order valence-corrected chi connectivity index (χ0v) is 14.3. The summed E-state index contributed by atoms with van der Waals surface area (Å²) >= 11 is 6.89. The van der Waals surface area contributed by atoms with Gasteiger partial charge in [-0.05, 0) is 44.5 Å². The maximum Gasteiger partial charge on any atom is 0.191 e. The molecule has 0 N–H and O–H groups in total. The molecule has 0 amide bonds. The van der Waals surface area contributed by atoms with E-state index in [1.165, 1.54) is 6.92 Å². The van der Waals surface area contributed by atoms with Gasteiger partial charge in [0.25, 0.3) is 0 Å². The quantitative estimate of drug-likeness (QED) is 0.787. The van der Waals surface area contributed by atoms with Gasteiger partial charge in [-0.15, -0.1) is 11.3 Å². The molecule has 3 nitrogen and oxygen atoms in total. The molecule has 1 aromatic heterocycles. The lowest BCUT2D eigenvalue weighted by atomic mass is 10.2. The van der Waals surface area contributed by atoms with Crippen LogP contribution in [0.25, 0.3) is 0 Å². The average Bonchev–Trinajstić information content (AvgIpc) is 2.83. The Balaban J connectivity index is 2.41. The predicted molar refractivity (Wildman–Crippen MR) is 86.2 cm³/mol. The van der Waals surface area contributed by atoms with E-state index >= 15 is 0 Å². The zero-order chi connectivity index (χ0) is 15.8. The first-order chi connectivity index (χ1) is 9.73. The summed E-state index contributed by atoms with van der Waals surface area (Å²) in [5.74, 6) is -0.424. The van der Waals surface area contributed by atoms with Gasteiger partial charge in [-0.3, -0.25) is 4.79 Å². The Morgan fingerprint density at radius 3 is 2.38 bits per heavy atom. The Morgan fingerprint density at radius 2 is 1.86 bits per heavy atom. The van der Waals surface area contributed by atoms with Gasteiger partial charge in [0.15, 0.2) is 15.6 Å². The summed E-state index contributed by atoms with van der Waals surface area (Å²) in [5.41, 5.74) is 1.63. The molecule has 0 aliphatic heterocycles. The summed E-state index contributed by atoms with van der Waals surface area (Å²) in [7, 11) is -3.71. The Morgan fingerprint density at radius 1 is 1.19 bits per heavy atom. The topological polar surface area (TPSA) is 51.2 Å². The smallest absolute Gasteiger partial charge is 0.191 e. The van der Waals surface area contributed by atoms with Gasteiger partial charge in [0.05, 0.1) is 14.1 Å². The molecule has 0 radical (unpaired) electrons. The SMILES string of the molecule is Cc1ccc(S(=O)(=O)C(C)C(=O)c2ccc(Cl)s2)c(C)c1. The molecule has 0 bridgehead atoms. The van der Waals surface area contributed by atoms with E-state index in [9.17, 15) is 13.2 Å². The number of ketones is 1. The highest BCUT2D eigenvalue weighted by atomic mass is 35.5. The van der Waals surface area contributed by atoms with E-state index in [4.69, 9.17) is 11.6 Å². The number of carbonyl (C=O) groups is 1. The van der Waals surface area contributed by atoms with E-state index in [1.807, 2.05) is 6.92 Å². The van der Waals surface area contributed by atoms with Gasteiger partial charge in [-0.25, -0.2) is 8.42 Å². The first-order valence-corrected chi connectivity index (χ1v) is 9.08. The van der Waals surface area contributed by atoms with Gasteiger partial charge in [0.2, 0.25) is 0 Å². The van der Waals surface area contributed by atoms with Crippen molar-refractivity contribution in [2.24, 2.45) is 0 Å². The normalized spacial score (nSPS) is 13.1. The third-order valence-electron chi connectivity index (χ3n) is 3.29. The molecule has 2 aromatic rings. The maximum absolute atomic E-state index is 12.6. The molecule has 1 atom stereocenters. The molecular formula is C15H15ClO3S2. The van der Waals surface area contributed by atoms with Crippen LogP contribution in [0.5, 0.6) is 0 Å². The number of halogens is 1. The standard InChI is InChI=1S/C15H15ClO3S2/c1-9-4-6-13(10(2)8-9)21(18,19)11(3)15(17)12-5-7-14(16)20-12/h4-8,11H,1-3H3. The van der Waals surface area contributed by atoms with Crippen molar-refractivity contribution < 1.29 is 13.2 Å². The number of benzene rings is 1. The minimum absolute atomic E-state index is 0.205. The molecule has 6 heteroatoms. The van der Waals surface area contributed by atoms with Crippen molar-refractivity contribution in [3.05, 3.63) is 50.7 Å². The summed E-state index contributed by atoms with van der Waals surface area (Å²) in [5, 5.41) is -1.13. The third-order valence-corrected chi connectivity index (χ3v) is 6.75. The fourth-order valence-corrected chi connectivity index (χ4v) is 4.80. The summed E-state index contributed by atoms with van der Waals surface area (Å²) in [6.07, 6.45) is 0. The first-order valence-electron chi connectivity index (χ1n) is 6.34. The molecule has 0 fully saturated rings. The number of sulfone groups is 1. The number of thiophene rings is 1. The molecule has 2 rings (SSSR count). The second kappa shape index (κ2) is 5.91. The lowest BCUT2D eigenvalue weighted by Gasteiger charge is -2.13. The van der Waals surface area contributed by atoms with E-state index in [0.29, 0.717) is 14.8 Å². The number of carbonyl (C=O) groups excluding carboxylic acids is 1. The van der Waals surface area contributed by atoms with E-state index in [1.54, 1.807) is 37.3 Å². The molecule has 1 aromatic carbocycles. The number of Topliss-reactive ketones (excluding diaryl/α,β-unsaturated/α-hetero) is 1. The van der Waals surface area contributed by atoms with Crippen LogP contribution in [0.3, 0.4) is 0 Å². The monoisotopic (exact) mass is 342 g/mol. The van der Waals surface area contributed by atoms with E-state index in [2.05, 4.69) is 0 Å². The van der Waals surface area contributed by atoms with Crippen LogP contribution in [0.2, 0.25) is 4.34 Å². The van der Waals surface area contributed by atoms with Crippen LogP contribution in [0, 0.1) is 13.8 Å². The van der Waals surface area contributed by atoms with Crippen LogP contribution in [-0.2, 0) is 9.84 Å². The first kappa shape index (κ1) is 16.2. The van der Waals surface area contributed by atoms with Crippen molar-refractivity contribution >= 4 is 38.6 Å². The molecule has 21 heavy (non-hydrogen) atoms. The van der Waals surface area contributed by atoms with Crippen LogP contribution in [0.1, 0.15) is 27.7 Å². The van der Waals surface area contributed by atoms with Crippen LogP contribution in [-0.4, -0.2) is 19.5 Å². The predicted octanol–water partition coefficient (Wildman–Crippen LogP) is 4.06. The number of aryl methyl sites for hydroxylation is 2. The van der Waals surface area contributed by atoms with Crippen molar-refractivity contribution in [2.75, 3.05) is 0 Å². The molecule has 0 saturated heterocycles. The van der Waals surface area contributed by atoms with Crippen LogP contribution < -0.4 is 0 Å². The molecule has 112 valence electrons. The number of rotatable bonds is 4. The lowest BCUT2D eigenvalue weighted by Crippen LogP contribution is -2.27. The molecule has 0 spiro atoms. The molecular weight excluding hydrogens is 328 g/mol. The Labute approximate surface area is 133 Å². The van der Waals surface area contributed by atoms with Crippen molar-refractivity contribution in [3.63, 3.8) is 0 Å². The maximum atomic E-state index is 12.6. The Hall–Kier alpha value is -1.17. The highest BCUT2D eigenvalue weighted by Gasteiger charge is 2.32. The second-order valence-corrected chi connectivity index (χ2v) is 8.88. The second-order valence-electron chi connectivity index (χ2n) is 4.92. The van der Waals surface area contributed by atoms with Gasteiger partial charge in [0.1, 0.15) is 5.25 Å². The van der Waals surface area contributed by atoms with Crippen molar-refractivity contribution in [3.8, 4) is 0 Å². The fraction of sp³-hybridized carbons (Fsp3) is 0.267. The van der Waals surface area contributed by atoms with E-state index in [-0.39, 0.29) is 4.90 Å². The summed E-state index contributed by atoms with van der Waals surface area (Å²) in [4.78, 5) is 12.9. The molecule has 1 heterocycles. The van der Waals surface area contributed by atoms with Gasteiger partial charge in [0, 0.05) is 0 Å². The molecule has 1 unspecified atom stereocenters. The minimum atomic E-state index is -3.71. The van der Waals surface area contributed by atoms with Crippen molar-refractivity contribution in [1.29, 1.82) is 0 Å². The number of hydrogen-bond donors (Lipinski definition) is 0. The van der Waals surface area contributed by atoms with Gasteiger partial charge in [-0.2, -0.15) is 0 Å². The Kier molecular flexibility index (Phi) is 4.56. The largest absolute Gasteiger partial charge is 0.292 e. The average molecular weight is 343 g/mol. The highest BCUT2D eigenvalue weighted by molar-refractivity contribution is 7.93. The van der Waals surface area contributed by atoms with E-state index in [0.717, 1.165) is 16.9 Å². The summed E-state index contributed by atoms with van der Waals surface area (Å²) in [6, 6.07) is 8.25. The Bertz CT molecular complexity index is 791. The summed E-state index contributed by atoms with van der Waals surface area (Å²) in [6.45, 7) is 5.05. The molecule has 0 aliphatic rings. The van der Waals surface area contributed by atoms with Crippen LogP contribution >= 0.6 is 22.9 Å². The zero-order valence-electron chi connectivity index (χ0n) is 11.9. The summed E-state index contributed by atoms with van der Waals surface area (Å²) < 4.78 is 25.7. The van der Waals surface area contributed by atoms with Gasteiger partial charge >= 0.3 is 0 Å². The molecule has 0 aliphatic carbocycles. The molecule has 0 saturated carbocycles. The van der Waals surface area contributed by atoms with Crippen molar-refractivity contribution in [2.45, 2.75) is 30.9 Å². The van der Waals surface area contributed by atoms with Crippen LogP contribution in [0.4, 0.5) is 0 Å².